The van der Waals surface area contributed by atoms with E-state index in [0.717, 1.165) is 47.6 Å². The molecule has 4 bridgehead atoms. The molecule has 8 nitrogen and oxygen atoms in total. The van der Waals surface area contributed by atoms with Crippen molar-refractivity contribution in [1.29, 1.82) is 0 Å². The minimum atomic E-state index is -0.219. The van der Waals surface area contributed by atoms with Gasteiger partial charge in [0, 0.05) is 16.1 Å². The summed E-state index contributed by atoms with van der Waals surface area (Å²) in [5.74, 6) is 2.53. The lowest BCUT2D eigenvalue weighted by molar-refractivity contribution is -0.124. The van der Waals surface area contributed by atoms with Crippen molar-refractivity contribution in [3.63, 3.8) is 0 Å². The number of benzene rings is 2. The maximum Gasteiger partial charge on any atom is 0.256 e. The predicted molar refractivity (Wildman–Crippen MR) is 133 cm³/mol. The van der Waals surface area contributed by atoms with E-state index in [4.69, 9.17) is 0 Å². The van der Waals surface area contributed by atoms with E-state index in [0.29, 0.717) is 17.0 Å². The van der Waals surface area contributed by atoms with Crippen LogP contribution < -0.4 is 10.6 Å². The van der Waals surface area contributed by atoms with Gasteiger partial charge in [-0.1, -0.05) is 18.2 Å². The van der Waals surface area contributed by atoms with Crippen LogP contribution in [0.2, 0.25) is 0 Å². The minimum Gasteiger partial charge on any atom is -0.350 e. The summed E-state index contributed by atoms with van der Waals surface area (Å²) >= 11 is 1.42. The summed E-state index contributed by atoms with van der Waals surface area (Å²) in [6.07, 6.45) is 8.97. The molecule has 7 rings (SSSR count). The zero-order chi connectivity index (χ0) is 23.8. The van der Waals surface area contributed by atoms with E-state index in [2.05, 4.69) is 26.2 Å². The number of amides is 2. The number of hydrogen-bond donors (Lipinski definition) is 2. The van der Waals surface area contributed by atoms with Crippen LogP contribution >= 0.6 is 11.8 Å². The van der Waals surface area contributed by atoms with E-state index >= 15 is 0 Å². The molecule has 4 aliphatic rings. The Balaban J connectivity index is 1.10. The fourth-order valence-corrected chi connectivity index (χ4v) is 7.57. The van der Waals surface area contributed by atoms with Crippen LogP contribution in [-0.2, 0) is 4.79 Å². The van der Waals surface area contributed by atoms with Crippen molar-refractivity contribution in [2.24, 2.45) is 17.8 Å². The first-order chi connectivity index (χ1) is 17.1. The molecule has 4 fully saturated rings. The number of anilines is 1. The number of carbonyl (C=O) groups excluding carboxylic acids is 2. The van der Waals surface area contributed by atoms with Gasteiger partial charge < -0.3 is 10.6 Å². The summed E-state index contributed by atoms with van der Waals surface area (Å²) in [7, 11) is 0. The number of nitrogens with zero attached hydrogens (tertiary/aromatic N) is 4. The summed E-state index contributed by atoms with van der Waals surface area (Å²) < 4.78 is 1.53. The summed E-state index contributed by atoms with van der Waals surface area (Å²) in [5, 5.41) is 17.6. The standard InChI is InChI=1S/C26H28N6O2S/c33-24(29-26-12-17-8-18(13-26)10-19(9-17)14-26)15-35-23-7-2-1-6-22(23)25(34)28-20-4-3-5-21(11-20)32-16-27-30-31-32/h1-7,11,16-19H,8-10,12-15H2,(H,28,34)(H,29,33). The molecule has 0 saturated heterocycles. The molecule has 35 heavy (non-hydrogen) atoms. The topological polar surface area (TPSA) is 102 Å². The first kappa shape index (κ1) is 22.3. The molecule has 180 valence electrons. The van der Waals surface area contributed by atoms with Crippen molar-refractivity contribution >= 4 is 29.3 Å². The Labute approximate surface area is 208 Å². The molecule has 0 aliphatic heterocycles. The Kier molecular flexibility index (Phi) is 5.80. The number of carbonyl (C=O) groups is 2. The number of nitrogens with one attached hydrogen (secondary N) is 2. The van der Waals surface area contributed by atoms with Gasteiger partial charge in [0.1, 0.15) is 6.33 Å². The van der Waals surface area contributed by atoms with Crippen molar-refractivity contribution in [2.45, 2.75) is 49.0 Å². The normalized spacial score (nSPS) is 26.5. The van der Waals surface area contributed by atoms with Crippen LogP contribution in [0.1, 0.15) is 48.9 Å². The molecule has 0 atom stereocenters. The van der Waals surface area contributed by atoms with Gasteiger partial charge in [0.05, 0.1) is 17.0 Å². The monoisotopic (exact) mass is 488 g/mol. The van der Waals surface area contributed by atoms with Gasteiger partial charge in [-0.25, -0.2) is 4.68 Å². The van der Waals surface area contributed by atoms with Crippen molar-refractivity contribution in [1.82, 2.24) is 25.5 Å². The van der Waals surface area contributed by atoms with Gasteiger partial charge in [-0.2, -0.15) is 0 Å². The minimum absolute atomic E-state index is 0.00786. The molecule has 2 aromatic carbocycles. The zero-order valence-electron chi connectivity index (χ0n) is 19.4. The van der Waals surface area contributed by atoms with E-state index in [9.17, 15) is 9.59 Å². The number of aromatic nitrogens is 4. The summed E-state index contributed by atoms with van der Waals surface area (Å²) in [4.78, 5) is 26.9. The number of hydrogen-bond acceptors (Lipinski definition) is 6. The highest BCUT2D eigenvalue weighted by Crippen LogP contribution is 2.55. The predicted octanol–water partition coefficient (Wildman–Crippen LogP) is 4.09. The highest BCUT2D eigenvalue weighted by molar-refractivity contribution is 8.00. The molecular formula is C26H28N6O2S. The van der Waals surface area contributed by atoms with E-state index in [1.165, 1.54) is 42.0 Å². The van der Waals surface area contributed by atoms with Gasteiger partial charge in [0.25, 0.3) is 5.91 Å². The first-order valence-electron chi connectivity index (χ1n) is 12.2. The lowest BCUT2D eigenvalue weighted by atomic mass is 9.53. The molecule has 2 N–H and O–H groups in total. The second-order valence-electron chi connectivity index (χ2n) is 10.3. The largest absolute Gasteiger partial charge is 0.350 e. The van der Waals surface area contributed by atoms with Crippen molar-refractivity contribution in [2.75, 3.05) is 11.1 Å². The Morgan fingerprint density at radius 3 is 2.46 bits per heavy atom. The maximum atomic E-state index is 13.1. The fourth-order valence-electron chi connectivity index (χ4n) is 6.72. The highest BCUT2D eigenvalue weighted by Gasteiger charge is 2.51. The van der Waals surface area contributed by atoms with Gasteiger partial charge in [-0.15, -0.1) is 16.9 Å². The maximum absolute atomic E-state index is 13.1. The summed E-state index contributed by atoms with van der Waals surface area (Å²) in [5.41, 5.74) is 1.94. The summed E-state index contributed by atoms with van der Waals surface area (Å²) in [6, 6.07) is 14.7. The third kappa shape index (κ3) is 4.69. The van der Waals surface area contributed by atoms with Gasteiger partial charge in [-0.3, -0.25) is 9.59 Å². The van der Waals surface area contributed by atoms with E-state index in [1.54, 1.807) is 6.07 Å². The average molecular weight is 489 g/mol. The van der Waals surface area contributed by atoms with Crippen LogP contribution in [0.5, 0.6) is 0 Å². The molecule has 4 aliphatic carbocycles. The molecule has 9 heteroatoms. The Morgan fingerprint density at radius 1 is 1.00 bits per heavy atom. The average Bonchev–Trinajstić information content (AvgIpc) is 3.37. The zero-order valence-corrected chi connectivity index (χ0v) is 20.2. The molecular weight excluding hydrogens is 460 g/mol. The highest BCUT2D eigenvalue weighted by atomic mass is 32.2. The molecule has 0 spiro atoms. The smallest absolute Gasteiger partial charge is 0.256 e. The molecule has 4 saturated carbocycles. The van der Waals surface area contributed by atoms with Crippen LogP contribution in [0, 0.1) is 17.8 Å². The van der Waals surface area contributed by atoms with Crippen LogP contribution in [0.15, 0.2) is 59.8 Å². The fraction of sp³-hybridized carbons (Fsp3) is 0.423. The Hall–Kier alpha value is -3.20. The molecule has 2 amide bonds. The van der Waals surface area contributed by atoms with E-state index in [-0.39, 0.29) is 17.4 Å². The third-order valence-corrected chi connectivity index (χ3v) is 8.72. The second-order valence-corrected chi connectivity index (χ2v) is 11.3. The van der Waals surface area contributed by atoms with Crippen LogP contribution in [0.4, 0.5) is 5.69 Å². The molecule has 0 unspecified atom stereocenters. The van der Waals surface area contributed by atoms with Gasteiger partial charge in [0.15, 0.2) is 0 Å². The van der Waals surface area contributed by atoms with E-state index in [1.807, 2.05) is 42.5 Å². The van der Waals surface area contributed by atoms with Crippen LogP contribution in [0.3, 0.4) is 0 Å². The summed E-state index contributed by atoms with van der Waals surface area (Å²) in [6.45, 7) is 0. The molecule has 1 aromatic heterocycles. The SMILES string of the molecule is O=C(CSc1ccccc1C(=O)Nc1cccc(-n2cnnn2)c1)NC12CC3CC(CC(C3)C1)C2. The second kappa shape index (κ2) is 9.11. The number of thioether (sulfide) groups is 1. The number of rotatable bonds is 7. The van der Waals surface area contributed by atoms with Crippen molar-refractivity contribution < 1.29 is 9.59 Å². The van der Waals surface area contributed by atoms with Gasteiger partial charge in [0.2, 0.25) is 5.91 Å². The van der Waals surface area contributed by atoms with Gasteiger partial charge >= 0.3 is 0 Å². The molecule has 0 radical (unpaired) electrons. The Bertz CT molecular complexity index is 1210. The van der Waals surface area contributed by atoms with Crippen LogP contribution in [-0.4, -0.2) is 43.3 Å². The third-order valence-electron chi connectivity index (χ3n) is 7.65. The van der Waals surface area contributed by atoms with Crippen molar-refractivity contribution in [3.05, 3.63) is 60.4 Å². The van der Waals surface area contributed by atoms with Crippen molar-refractivity contribution in [3.8, 4) is 5.69 Å². The van der Waals surface area contributed by atoms with Crippen LogP contribution in [0.25, 0.3) is 5.69 Å². The lowest BCUT2D eigenvalue weighted by Crippen LogP contribution is -2.60. The molecule has 1 heterocycles. The first-order valence-corrected chi connectivity index (χ1v) is 13.2. The number of tetrazole rings is 1. The quantitative estimate of drug-likeness (QED) is 0.486. The Morgan fingerprint density at radius 2 is 1.74 bits per heavy atom. The molecule has 3 aromatic rings. The van der Waals surface area contributed by atoms with Gasteiger partial charge in [-0.05, 0) is 97.0 Å². The van der Waals surface area contributed by atoms with E-state index < -0.39 is 0 Å². The lowest BCUT2D eigenvalue weighted by Gasteiger charge is -2.56.